The maximum atomic E-state index is 0. The van der Waals surface area contributed by atoms with E-state index in [0.29, 0.717) is 0 Å². The van der Waals surface area contributed by atoms with Gasteiger partial charge in [0.2, 0.25) is 0 Å². The molecule has 0 bridgehead atoms. The molecule has 0 N–H and O–H groups in total. The van der Waals surface area contributed by atoms with E-state index >= 15 is 0 Å². The van der Waals surface area contributed by atoms with Crippen LogP contribution in [-0.2, 0) is 28.0 Å². The number of hydrogen-bond donors (Lipinski definition) is 0. The summed E-state index contributed by atoms with van der Waals surface area (Å²) in [7, 11) is 0. The van der Waals surface area contributed by atoms with Crippen LogP contribution in [0.15, 0.2) is 0 Å². The van der Waals surface area contributed by atoms with Gasteiger partial charge in [0.1, 0.15) is 0 Å². The quantitative estimate of drug-likeness (QED) is 0.451. The van der Waals surface area contributed by atoms with Crippen molar-refractivity contribution in [3.05, 3.63) is 0 Å². The maximum absolute atomic E-state index is 0. The standard InChI is InChI=1S/Li.Mn.2O.Sn.H/q;;2*-2;+4;. The molecule has 0 aliphatic rings. The Kier molecular flexibility index (Phi) is 560. The first-order chi connectivity index (χ1) is 0. The van der Waals surface area contributed by atoms with Crippen LogP contribution < -0.4 is 0 Å². The molecular formula is HLiMnO2Sn. The summed E-state index contributed by atoms with van der Waals surface area (Å²) in [5.74, 6) is 0. The predicted molar refractivity (Wildman–Crippen MR) is 14.3 cm³/mol. The topological polar surface area (TPSA) is 57.0 Å². The molecular weight excluding hydrogens is 213 g/mol. The number of rotatable bonds is 0. The fourth-order valence-electron chi connectivity index (χ4n) is 0. The van der Waals surface area contributed by atoms with E-state index in [1.54, 1.807) is 0 Å². The van der Waals surface area contributed by atoms with Crippen LogP contribution in [0.3, 0.4) is 0 Å². The van der Waals surface area contributed by atoms with E-state index in [9.17, 15) is 0 Å². The average Bonchev–Trinajstić information content (AvgIpc) is 0. The van der Waals surface area contributed by atoms with Crippen molar-refractivity contribution in [2.24, 2.45) is 0 Å². The van der Waals surface area contributed by atoms with Gasteiger partial charge in [0, 0.05) is 17.1 Å². The summed E-state index contributed by atoms with van der Waals surface area (Å²) < 4.78 is 0. The Morgan fingerprint density at radius 2 is 0.800 bits per heavy atom. The van der Waals surface area contributed by atoms with Crippen molar-refractivity contribution < 1.29 is 28.0 Å². The van der Waals surface area contributed by atoms with E-state index in [4.69, 9.17) is 0 Å². The summed E-state index contributed by atoms with van der Waals surface area (Å²) in [5.41, 5.74) is 0. The molecule has 0 aliphatic heterocycles. The van der Waals surface area contributed by atoms with Gasteiger partial charge in [-0.05, 0) is 0 Å². The van der Waals surface area contributed by atoms with Gasteiger partial charge >= 0.3 is 42.8 Å². The Balaban J connectivity index is 0. The van der Waals surface area contributed by atoms with Crippen LogP contribution in [0.1, 0.15) is 0 Å². The zero-order chi connectivity index (χ0) is 0. The molecule has 25 valence electrons. The molecule has 0 saturated carbocycles. The molecule has 5 heavy (non-hydrogen) atoms. The molecule has 1 radical (unpaired) electrons. The zero-order valence-corrected chi connectivity index (χ0v) is 5.73. The van der Waals surface area contributed by atoms with E-state index in [1.165, 1.54) is 0 Å². The van der Waals surface area contributed by atoms with Crippen molar-refractivity contribution >= 4 is 42.8 Å². The minimum Gasteiger partial charge on any atom is -2.00 e. The van der Waals surface area contributed by atoms with Gasteiger partial charge in [-0.2, -0.15) is 0 Å². The molecule has 2 nitrogen and oxygen atoms in total. The molecule has 0 aromatic heterocycles. The summed E-state index contributed by atoms with van der Waals surface area (Å²) in [4.78, 5) is 0. The largest absolute Gasteiger partial charge is 4.00 e. The van der Waals surface area contributed by atoms with E-state index in [-0.39, 0.29) is 70.8 Å². The molecule has 0 aliphatic carbocycles. The van der Waals surface area contributed by atoms with Crippen LogP contribution in [0.2, 0.25) is 0 Å². The fraction of sp³-hybridized carbons (Fsp3) is 0. The third kappa shape index (κ3) is 25.5. The van der Waals surface area contributed by atoms with Crippen molar-refractivity contribution in [2.75, 3.05) is 0 Å². The monoisotopic (exact) mass is 215 g/mol. The van der Waals surface area contributed by atoms with Crippen LogP contribution in [0.4, 0.5) is 0 Å². The first-order valence-corrected chi connectivity index (χ1v) is 0. The molecule has 0 saturated heterocycles. The molecule has 0 aromatic rings. The van der Waals surface area contributed by atoms with E-state index in [1.807, 2.05) is 0 Å². The molecule has 0 aromatic carbocycles. The Morgan fingerprint density at radius 3 is 0.800 bits per heavy atom. The van der Waals surface area contributed by atoms with E-state index < -0.39 is 0 Å². The molecule has 0 fully saturated rings. The molecule has 0 rings (SSSR count). The summed E-state index contributed by atoms with van der Waals surface area (Å²) in [6, 6.07) is 0. The smallest absolute Gasteiger partial charge is 2.00 e. The van der Waals surface area contributed by atoms with Crippen molar-refractivity contribution in [1.82, 2.24) is 0 Å². The minimum atomic E-state index is 0. The van der Waals surface area contributed by atoms with Gasteiger partial charge < -0.3 is 11.0 Å². The van der Waals surface area contributed by atoms with Crippen LogP contribution >= 0.6 is 0 Å². The molecule has 0 atom stereocenters. The van der Waals surface area contributed by atoms with Gasteiger partial charge in [0.15, 0.2) is 0 Å². The Hall–Kier alpha value is 1.84. The second-order valence-corrected chi connectivity index (χ2v) is 0. The molecule has 5 heteroatoms. The van der Waals surface area contributed by atoms with Gasteiger partial charge in [-0.15, -0.1) is 0 Å². The summed E-state index contributed by atoms with van der Waals surface area (Å²) in [5, 5.41) is 0. The first kappa shape index (κ1) is 69.1. The summed E-state index contributed by atoms with van der Waals surface area (Å²) in [6.07, 6.45) is 0. The molecule has 0 amide bonds. The maximum Gasteiger partial charge on any atom is 4.00 e. The van der Waals surface area contributed by atoms with Crippen molar-refractivity contribution in [2.45, 2.75) is 0 Å². The zero-order valence-electron chi connectivity index (χ0n) is 1.69. The third-order valence-corrected chi connectivity index (χ3v) is 0. The van der Waals surface area contributed by atoms with Crippen molar-refractivity contribution in [3.8, 4) is 0 Å². The minimum absolute atomic E-state index is 0. The fourth-order valence-corrected chi connectivity index (χ4v) is 0. The first-order valence-electron chi connectivity index (χ1n) is 0. The van der Waals surface area contributed by atoms with Gasteiger partial charge in [0.05, 0.1) is 0 Å². The second kappa shape index (κ2) is 40.5. The summed E-state index contributed by atoms with van der Waals surface area (Å²) >= 11 is 0. The van der Waals surface area contributed by atoms with Gasteiger partial charge in [-0.3, -0.25) is 0 Å². The van der Waals surface area contributed by atoms with Gasteiger partial charge in [-0.1, -0.05) is 0 Å². The Bertz CT molecular complexity index is 9.61. The molecule has 0 unspecified atom stereocenters. The number of hydrogen-bond acceptors (Lipinski definition) is 0. The van der Waals surface area contributed by atoms with E-state index in [0.717, 1.165) is 0 Å². The second-order valence-electron chi connectivity index (χ2n) is 0. The normalized spacial score (nSPS) is 0. The van der Waals surface area contributed by atoms with Gasteiger partial charge in [0.25, 0.3) is 0 Å². The van der Waals surface area contributed by atoms with Crippen molar-refractivity contribution in [3.63, 3.8) is 0 Å². The Morgan fingerprint density at radius 1 is 0.800 bits per heavy atom. The predicted octanol–water partition coefficient (Wildman–Crippen LogP) is -1.27. The average molecular weight is 214 g/mol. The SMILES string of the molecule is [LiH].[Mn].[O-2].[O-2].[Sn+4]. The van der Waals surface area contributed by atoms with Crippen LogP contribution in [-0.4, -0.2) is 42.8 Å². The third-order valence-electron chi connectivity index (χ3n) is 0. The summed E-state index contributed by atoms with van der Waals surface area (Å²) in [6.45, 7) is 0. The van der Waals surface area contributed by atoms with E-state index in [2.05, 4.69) is 0 Å². The van der Waals surface area contributed by atoms with Crippen LogP contribution in [0.5, 0.6) is 0 Å². The Labute approximate surface area is 70.3 Å². The molecule has 0 spiro atoms. The van der Waals surface area contributed by atoms with Crippen molar-refractivity contribution in [1.29, 1.82) is 0 Å². The molecule has 0 heterocycles. The van der Waals surface area contributed by atoms with Crippen LogP contribution in [0.25, 0.3) is 0 Å². The van der Waals surface area contributed by atoms with Crippen LogP contribution in [0, 0.1) is 0 Å². The van der Waals surface area contributed by atoms with Gasteiger partial charge in [-0.25, -0.2) is 0 Å².